The van der Waals surface area contributed by atoms with Gasteiger partial charge in [-0.15, -0.1) is 6.58 Å². The lowest BCUT2D eigenvalue weighted by atomic mass is 9.94. The molecular weight excluding hydrogens is 220 g/mol. The zero-order valence-corrected chi connectivity index (χ0v) is 10.2. The Balaban J connectivity index is 4.73. The third kappa shape index (κ3) is 4.97. The topological polar surface area (TPSA) is 55.8 Å². The van der Waals surface area contributed by atoms with Crippen LogP contribution in [0.3, 0.4) is 0 Å². The van der Waals surface area contributed by atoms with E-state index in [1.54, 1.807) is 6.92 Å². The van der Waals surface area contributed by atoms with Crippen LogP contribution >= 0.6 is 0 Å². The number of carbonyl (C=O) groups excluding carboxylic acids is 1. The maximum atomic E-state index is 11.4. The van der Waals surface area contributed by atoms with Gasteiger partial charge in [-0.25, -0.2) is 0 Å². The monoisotopic (exact) mass is 240 g/mol. The van der Waals surface area contributed by atoms with Crippen LogP contribution in [-0.4, -0.2) is 36.0 Å². The second-order valence-electron chi connectivity index (χ2n) is 3.42. The molecule has 0 aromatic rings. The number of esters is 1. The zero-order chi connectivity index (χ0) is 13.3. The average molecular weight is 240 g/mol. The predicted octanol–water partition coefficient (Wildman–Crippen LogP) is 1.61. The second-order valence-corrected chi connectivity index (χ2v) is 3.42. The zero-order valence-electron chi connectivity index (χ0n) is 10.2. The normalized spacial score (nSPS) is 12.6. The van der Waals surface area contributed by atoms with Crippen molar-refractivity contribution >= 4 is 5.97 Å². The summed E-state index contributed by atoms with van der Waals surface area (Å²) in [4.78, 5) is 11.4. The van der Waals surface area contributed by atoms with Gasteiger partial charge in [0.1, 0.15) is 11.7 Å². The molecule has 0 aliphatic heterocycles. The predicted molar refractivity (Wildman–Crippen MR) is 66.5 cm³/mol. The Labute approximate surface area is 102 Å². The molecule has 0 radical (unpaired) electrons. The summed E-state index contributed by atoms with van der Waals surface area (Å²) in [6.45, 7) is 12.7. The molecule has 1 atom stereocenters. The Morgan fingerprint density at radius 1 is 1.41 bits per heavy atom. The van der Waals surface area contributed by atoms with Crippen LogP contribution < -0.4 is 0 Å². The second kappa shape index (κ2) is 7.81. The van der Waals surface area contributed by atoms with Crippen molar-refractivity contribution in [3.8, 4) is 0 Å². The van der Waals surface area contributed by atoms with Crippen molar-refractivity contribution in [3.63, 3.8) is 0 Å². The first kappa shape index (κ1) is 15.6. The lowest BCUT2D eigenvalue weighted by Crippen LogP contribution is -2.42. The van der Waals surface area contributed by atoms with E-state index in [9.17, 15) is 9.90 Å². The molecule has 0 saturated heterocycles. The highest BCUT2D eigenvalue weighted by molar-refractivity contribution is 5.70. The van der Waals surface area contributed by atoms with E-state index in [-0.39, 0.29) is 19.6 Å². The van der Waals surface area contributed by atoms with Crippen molar-refractivity contribution in [1.29, 1.82) is 0 Å². The number of hydrogen-bond donors (Lipinski definition) is 1. The Kier molecular flexibility index (Phi) is 7.18. The Hall–Kier alpha value is -1.39. The molecule has 17 heavy (non-hydrogen) atoms. The molecule has 0 unspecified atom stereocenters. The molecule has 0 spiro atoms. The number of carbonyl (C=O) groups is 1. The first-order valence-electron chi connectivity index (χ1n) is 5.41. The molecule has 0 aromatic carbocycles. The third-order valence-electron chi connectivity index (χ3n) is 2.24. The average Bonchev–Trinajstić information content (AvgIpc) is 2.33. The van der Waals surface area contributed by atoms with Crippen LogP contribution in [0.1, 0.15) is 13.3 Å². The van der Waals surface area contributed by atoms with Gasteiger partial charge >= 0.3 is 5.97 Å². The van der Waals surface area contributed by atoms with Gasteiger partial charge in [0.15, 0.2) is 0 Å². The van der Waals surface area contributed by atoms with Gasteiger partial charge < -0.3 is 14.6 Å². The standard InChI is InChI=1S/C13H20O4/c1-5-9-17-11(10-12(14)16-8-4)13(15,6-2)7-3/h5-7,11,15H,1-3,8-10H2,4H3/t11-/m0/s1. The van der Waals surface area contributed by atoms with E-state index < -0.39 is 17.7 Å². The molecule has 0 heterocycles. The van der Waals surface area contributed by atoms with Crippen molar-refractivity contribution in [3.05, 3.63) is 38.0 Å². The van der Waals surface area contributed by atoms with E-state index in [0.717, 1.165) is 0 Å². The molecule has 0 amide bonds. The Morgan fingerprint density at radius 2 is 2.00 bits per heavy atom. The molecule has 0 aliphatic rings. The van der Waals surface area contributed by atoms with Gasteiger partial charge in [0, 0.05) is 0 Å². The Morgan fingerprint density at radius 3 is 2.41 bits per heavy atom. The van der Waals surface area contributed by atoms with Gasteiger partial charge in [-0.3, -0.25) is 4.79 Å². The first-order valence-corrected chi connectivity index (χ1v) is 5.41. The first-order chi connectivity index (χ1) is 8.03. The minimum absolute atomic E-state index is 0.0732. The van der Waals surface area contributed by atoms with E-state index in [4.69, 9.17) is 9.47 Å². The summed E-state index contributed by atoms with van der Waals surface area (Å²) in [6, 6.07) is 0. The molecule has 0 saturated carbocycles. The van der Waals surface area contributed by atoms with Crippen LogP contribution in [0.25, 0.3) is 0 Å². The smallest absolute Gasteiger partial charge is 0.308 e. The fraction of sp³-hybridized carbons (Fsp3) is 0.462. The minimum Gasteiger partial charge on any atom is -0.466 e. The maximum Gasteiger partial charge on any atom is 0.308 e. The third-order valence-corrected chi connectivity index (χ3v) is 2.24. The molecule has 96 valence electrons. The van der Waals surface area contributed by atoms with Gasteiger partial charge in [0.2, 0.25) is 0 Å². The van der Waals surface area contributed by atoms with Crippen molar-refractivity contribution in [2.45, 2.75) is 25.0 Å². The summed E-state index contributed by atoms with van der Waals surface area (Å²) in [6.07, 6.45) is 3.25. The lowest BCUT2D eigenvalue weighted by Gasteiger charge is -2.29. The molecule has 4 heteroatoms. The van der Waals surface area contributed by atoms with E-state index in [1.807, 2.05) is 0 Å². The molecule has 0 bridgehead atoms. The fourth-order valence-corrected chi connectivity index (χ4v) is 1.26. The summed E-state index contributed by atoms with van der Waals surface area (Å²) in [5.41, 5.74) is -1.46. The van der Waals surface area contributed by atoms with E-state index in [1.165, 1.54) is 18.2 Å². The fourth-order valence-electron chi connectivity index (χ4n) is 1.26. The van der Waals surface area contributed by atoms with Crippen LogP contribution in [0, 0.1) is 0 Å². The number of ether oxygens (including phenoxy) is 2. The lowest BCUT2D eigenvalue weighted by molar-refractivity contribution is -0.149. The number of rotatable bonds is 9. The van der Waals surface area contributed by atoms with E-state index in [2.05, 4.69) is 19.7 Å². The highest BCUT2D eigenvalue weighted by Crippen LogP contribution is 2.20. The summed E-state index contributed by atoms with van der Waals surface area (Å²) in [5, 5.41) is 10.1. The molecule has 1 N–H and O–H groups in total. The summed E-state index contributed by atoms with van der Waals surface area (Å²) >= 11 is 0. The molecule has 0 aromatic heterocycles. The highest BCUT2D eigenvalue weighted by Gasteiger charge is 2.33. The van der Waals surface area contributed by atoms with Gasteiger partial charge in [-0.1, -0.05) is 31.4 Å². The van der Waals surface area contributed by atoms with Crippen molar-refractivity contribution in [2.75, 3.05) is 13.2 Å². The van der Waals surface area contributed by atoms with Crippen LogP contribution in [0.2, 0.25) is 0 Å². The summed E-state index contributed by atoms with van der Waals surface area (Å²) in [7, 11) is 0. The summed E-state index contributed by atoms with van der Waals surface area (Å²) in [5.74, 6) is -0.441. The van der Waals surface area contributed by atoms with Crippen LogP contribution in [-0.2, 0) is 14.3 Å². The molecule has 4 nitrogen and oxygen atoms in total. The molecular formula is C13H20O4. The highest BCUT2D eigenvalue weighted by atomic mass is 16.5. The van der Waals surface area contributed by atoms with Crippen molar-refractivity contribution < 1.29 is 19.4 Å². The Bertz CT molecular complexity index is 275. The molecule has 0 aliphatic carbocycles. The van der Waals surface area contributed by atoms with Gasteiger partial charge in [-0.05, 0) is 6.92 Å². The minimum atomic E-state index is -1.46. The number of hydrogen-bond acceptors (Lipinski definition) is 4. The van der Waals surface area contributed by atoms with Gasteiger partial charge in [-0.2, -0.15) is 0 Å². The van der Waals surface area contributed by atoms with Gasteiger partial charge in [0.05, 0.1) is 19.6 Å². The van der Waals surface area contributed by atoms with Crippen molar-refractivity contribution in [2.24, 2.45) is 0 Å². The molecule has 0 fully saturated rings. The largest absolute Gasteiger partial charge is 0.466 e. The number of aliphatic hydroxyl groups is 1. The SMILES string of the molecule is C=CCO[C@@H](CC(=O)OCC)C(O)(C=C)C=C. The van der Waals surface area contributed by atoms with Crippen LogP contribution in [0.4, 0.5) is 0 Å². The summed E-state index contributed by atoms with van der Waals surface area (Å²) < 4.78 is 10.2. The molecule has 0 rings (SSSR count). The van der Waals surface area contributed by atoms with Gasteiger partial charge in [0.25, 0.3) is 0 Å². The van der Waals surface area contributed by atoms with E-state index in [0.29, 0.717) is 0 Å². The van der Waals surface area contributed by atoms with Crippen LogP contribution in [0.15, 0.2) is 38.0 Å². The maximum absolute atomic E-state index is 11.4. The van der Waals surface area contributed by atoms with E-state index >= 15 is 0 Å². The quantitative estimate of drug-likeness (QED) is 0.491. The van der Waals surface area contributed by atoms with Crippen LogP contribution in [0.5, 0.6) is 0 Å². The van der Waals surface area contributed by atoms with Crippen molar-refractivity contribution in [1.82, 2.24) is 0 Å².